The van der Waals surface area contributed by atoms with Gasteiger partial charge in [0.2, 0.25) is 0 Å². The molecule has 0 aliphatic carbocycles. The topological polar surface area (TPSA) is 53.0 Å². The van der Waals surface area contributed by atoms with Crippen molar-refractivity contribution < 1.29 is 18.7 Å². The van der Waals surface area contributed by atoms with Crippen LogP contribution in [-0.4, -0.2) is 11.0 Å². The number of hydrogen-bond acceptors (Lipinski definition) is 3. The van der Waals surface area contributed by atoms with Crippen LogP contribution in [0.2, 0.25) is 0 Å². The van der Waals surface area contributed by atoms with Gasteiger partial charge in [0, 0.05) is 17.1 Å². The highest BCUT2D eigenvalue weighted by atomic mass is 19.3. The molecule has 3 nitrogen and oxygen atoms in total. The van der Waals surface area contributed by atoms with Crippen LogP contribution in [0, 0.1) is 0 Å². The molecule has 0 unspecified atom stereocenters. The van der Waals surface area contributed by atoms with Gasteiger partial charge in [-0.1, -0.05) is 12.1 Å². The number of fused-ring (bicyclic) bond motifs is 1. The maximum atomic E-state index is 13.1. The first-order valence-corrected chi connectivity index (χ1v) is 4.46. The first kappa shape index (κ1) is 10.5. The van der Waals surface area contributed by atoms with E-state index in [2.05, 4.69) is 4.98 Å². The van der Waals surface area contributed by atoms with Crippen molar-refractivity contribution in [2.75, 3.05) is 0 Å². The molecule has 0 spiro atoms. The number of carboxylic acids is 1. The number of alkyl halides is 2. The third kappa shape index (κ3) is 1.60. The summed E-state index contributed by atoms with van der Waals surface area (Å²) in [5.41, 5.74) is -0.0756. The Morgan fingerprint density at radius 1 is 1.31 bits per heavy atom. The third-order valence-electron chi connectivity index (χ3n) is 2.22. The molecule has 16 heavy (non-hydrogen) atoms. The zero-order valence-corrected chi connectivity index (χ0v) is 7.98. The van der Waals surface area contributed by atoms with Crippen molar-refractivity contribution in [2.24, 2.45) is 0 Å². The lowest BCUT2D eigenvalue weighted by atomic mass is 10.1. The van der Waals surface area contributed by atoms with Gasteiger partial charge in [-0.25, -0.2) is 0 Å². The number of aliphatic carboxylic acids is 1. The fraction of sp³-hybridized carbons (Fsp3) is 0.0909. The highest BCUT2D eigenvalue weighted by Crippen LogP contribution is 2.29. The maximum Gasteiger partial charge on any atom is 0.312 e. The summed E-state index contributed by atoms with van der Waals surface area (Å²) >= 11 is 0. The predicted octanol–water partition coefficient (Wildman–Crippen LogP) is 1.08. The van der Waals surface area contributed by atoms with E-state index in [1.54, 1.807) is 12.1 Å². The smallest absolute Gasteiger partial charge is 0.312 e. The molecule has 0 aliphatic heterocycles. The molecule has 5 heteroatoms. The highest BCUT2D eigenvalue weighted by molar-refractivity contribution is 5.82. The predicted molar refractivity (Wildman–Crippen MR) is 50.6 cm³/mol. The number of nitrogens with zero attached hydrogens (tertiary/aromatic N) is 1. The largest absolute Gasteiger partial charge is 0.544 e. The normalized spacial score (nSPS) is 11.6. The Bertz CT molecular complexity index is 554. The lowest BCUT2D eigenvalue weighted by Crippen LogP contribution is -2.39. The van der Waals surface area contributed by atoms with Crippen LogP contribution in [0.3, 0.4) is 0 Å². The summed E-state index contributed by atoms with van der Waals surface area (Å²) in [6.45, 7) is 0. The lowest BCUT2D eigenvalue weighted by Gasteiger charge is -2.17. The Balaban J connectivity index is 2.59. The number of carboxylic acid groups (broad SMARTS) is 1. The number of carbonyl (C=O) groups excluding carboxylic acids is 1. The van der Waals surface area contributed by atoms with Crippen LogP contribution in [0.15, 0.2) is 36.5 Å². The van der Waals surface area contributed by atoms with Crippen LogP contribution in [0.4, 0.5) is 8.78 Å². The molecule has 2 rings (SSSR count). The van der Waals surface area contributed by atoms with E-state index in [4.69, 9.17) is 0 Å². The van der Waals surface area contributed by atoms with Crippen molar-refractivity contribution in [1.29, 1.82) is 0 Å². The minimum atomic E-state index is -3.98. The van der Waals surface area contributed by atoms with Crippen molar-refractivity contribution in [3.05, 3.63) is 42.1 Å². The molecule has 2 aromatic rings. The quantitative estimate of drug-likeness (QED) is 0.763. The van der Waals surface area contributed by atoms with Gasteiger partial charge in [-0.3, -0.25) is 4.98 Å². The monoisotopic (exact) mass is 222 g/mol. The molecule has 0 amide bonds. The van der Waals surface area contributed by atoms with Gasteiger partial charge in [0.15, 0.2) is 0 Å². The first-order valence-electron chi connectivity index (χ1n) is 4.46. The molecule has 0 aliphatic rings. The van der Waals surface area contributed by atoms with Gasteiger partial charge < -0.3 is 9.90 Å². The summed E-state index contributed by atoms with van der Waals surface area (Å²) in [6, 6.07) is 6.64. The summed E-state index contributed by atoms with van der Waals surface area (Å²) in [5.74, 6) is -6.39. The summed E-state index contributed by atoms with van der Waals surface area (Å²) in [4.78, 5) is 14.2. The van der Waals surface area contributed by atoms with Crippen LogP contribution in [0.1, 0.15) is 5.56 Å². The number of carbonyl (C=O) groups is 1. The van der Waals surface area contributed by atoms with Gasteiger partial charge in [0.25, 0.3) is 0 Å². The molecule has 0 atom stereocenters. The number of pyridine rings is 1. The van der Waals surface area contributed by atoms with Crippen molar-refractivity contribution in [3.63, 3.8) is 0 Å². The standard InChI is InChI=1S/C11H7F2NO2/c12-11(13,10(15)16)8-3-4-9-7(6-8)2-1-5-14-9/h1-6H,(H,15,16)/p-1. The zero-order chi connectivity index (χ0) is 11.8. The molecular weight excluding hydrogens is 216 g/mol. The van der Waals surface area contributed by atoms with E-state index < -0.39 is 17.5 Å². The van der Waals surface area contributed by atoms with Crippen LogP contribution in [-0.2, 0) is 10.7 Å². The highest BCUT2D eigenvalue weighted by Gasteiger charge is 2.33. The van der Waals surface area contributed by atoms with Gasteiger partial charge in [-0.05, 0) is 18.2 Å². The van der Waals surface area contributed by atoms with Crippen LogP contribution >= 0.6 is 0 Å². The summed E-state index contributed by atoms with van der Waals surface area (Å²) in [6.07, 6.45) is 1.53. The molecule has 0 fully saturated rings. The fourth-order valence-corrected chi connectivity index (χ4v) is 1.39. The second kappa shape index (κ2) is 3.52. The molecule has 0 N–H and O–H groups in total. The van der Waals surface area contributed by atoms with Crippen molar-refractivity contribution in [2.45, 2.75) is 5.92 Å². The average Bonchev–Trinajstić information content (AvgIpc) is 2.28. The summed E-state index contributed by atoms with van der Waals surface area (Å²) in [5, 5.41) is 10.7. The van der Waals surface area contributed by atoms with Gasteiger partial charge in [0.1, 0.15) is 5.97 Å². The van der Waals surface area contributed by atoms with Gasteiger partial charge in [-0.15, -0.1) is 0 Å². The van der Waals surface area contributed by atoms with Crippen LogP contribution in [0.5, 0.6) is 0 Å². The maximum absolute atomic E-state index is 13.1. The third-order valence-corrected chi connectivity index (χ3v) is 2.22. The minimum Gasteiger partial charge on any atom is -0.544 e. The Morgan fingerprint density at radius 3 is 2.75 bits per heavy atom. The summed E-state index contributed by atoms with van der Waals surface area (Å²) in [7, 11) is 0. The van der Waals surface area contributed by atoms with E-state index in [1.807, 2.05) is 0 Å². The molecule has 1 aromatic carbocycles. The SMILES string of the molecule is O=C([O-])C(F)(F)c1ccc2ncccc2c1. The molecule has 0 radical (unpaired) electrons. The molecule has 0 saturated carbocycles. The number of aromatic nitrogens is 1. The zero-order valence-electron chi connectivity index (χ0n) is 7.98. The minimum absolute atomic E-state index is 0.459. The second-order valence-corrected chi connectivity index (χ2v) is 3.27. The van der Waals surface area contributed by atoms with E-state index in [1.165, 1.54) is 12.3 Å². The van der Waals surface area contributed by atoms with Gasteiger partial charge in [0.05, 0.1) is 5.52 Å². The average molecular weight is 222 g/mol. The van der Waals surface area contributed by atoms with Gasteiger partial charge in [-0.2, -0.15) is 8.78 Å². The number of halogens is 2. The number of hydrogen-bond donors (Lipinski definition) is 0. The first-order chi connectivity index (χ1) is 7.51. The Kier molecular flexibility index (Phi) is 2.30. The Morgan fingerprint density at radius 2 is 2.06 bits per heavy atom. The molecule has 1 heterocycles. The summed E-state index contributed by atoms with van der Waals surface area (Å²) < 4.78 is 26.2. The van der Waals surface area contributed by atoms with Crippen molar-refractivity contribution >= 4 is 16.9 Å². The van der Waals surface area contributed by atoms with E-state index in [-0.39, 0.29) is 0 Å². The lowest BCUT2D eigenvalue weighted by molar-refractivity contribution is -0.331. The molecule has 0 saturated heterocycles. The van der Waals surface area contributed by atoms with Crippen molar-refractivity contribution in [1.82, 2.24) is 4.98 Å². The van der Waals surface area contributed by atoms with Crippen molar-refractivity contribution in [3.8, 4) is 0 Å². The fourth-order valence-electron chi connectivity index (χ4n) is 1.39. The molecule has 1 aromatic heterocycles. The van der Waals surface area contributed by atoms with E-state index in [9.17, 15) is 18.7 Å². The molecule has 0 bridgehead atoms. The molecular formula is C11H6F2NO2-. The second-order valence-electron chi connectivity index (χ2n) is 3.27. The number of rotatable bonds is 2. The van der Waals surface area contributed by atoms with Crippen LogP contribution in [0.25, 0.3) is 10.9 Å². The van der Waals surface area contributed by atoms with Gasteiger partial charge >= 0.3 is 5.92 Å². The number of benzene rings is 1. The van der Waals surface area contributed by atoms with E-state index >= 15 is 0 Å². The van der Waals surface area contributed by atoms with E-state index in [0.29, 0.717) is 10.9 Å². The van der Waals surface area contributed by atoms with Crippen LogP contribution < -0.4 is 5.11 Å². The molecule has 82 valence electrons. The Labute approximate surface area is 89.3 Å². The van der Waals surface area contributed by atoms with E-state index in [0.717, 1.165) is 12.1 Å². The Hall–Kier alpha value is -2.04.